The van der Waals surface area contributed by atoms with Gasteiger partial charge in [-0.3, -0.25) is 0 Å². The number of nitrogens with zero attached hydrogens (tertiary/aromatic N) is 2. The average Bonchev–Trinajstić information content (AvgIpc) is 2.86. The largest absolute Gasteiger partial charge is 0.367 e. The molecule has 2 heterocycles. The lowest BCUT2D eigenvalue weighted by Gasteiger charge is -2.30. The third-order valence-electron chi connectivity index (χ3n) is 5.30. The second-order valence-corrected chi connectivity index (χ2v) is 8.81. The maximum absolute atomic E-state index is 4.61. The zero-order valence-electron chi connectivity index (χ0n) is 13.6. The maximum atomic E-state index is 4.61. The van der Waals surface area contributed by atoms with E-state index in [1.807, 2.05) is 11.3 Å². The van der Waals surface area contributed by atoms with Crippen LogP contribution >= 0.6 is 11.3 Å². The van der Waals surface area contributed by atoms with Gasteiger partial charge in [-0.15, -0.1) is 11.3 Å². The fourth-order valence-corrected chi connectivity index (χ4v) is 5.15. The van der Waals surface area contributed by atoms with E-state index in [1.165, 1.54) is 60.7 Å². The Morgan fingerprint density at radius 3 is 2.82 bits per heavy atom. The predicted molar refractivity (Wildman–Crippen MR) is 93.7 cm³/mol. The molecule has 2 aliphatic rings. The van der Waals surface area contributed by atoms with Crippen molar-refractivity contribution in [1.82, 2.24) is 9.97 Å². The molecule has 22 heavy (non-hydrogen) atoms. The van der Waals surface area contributed by atoms with Crippen LogP contribution in [0, 0.1) is 5.41 Å². The molecule has 0 unspecified atom stereocenters. The van der Waals surface area contributed by atoms with Crippen molar-refractivity contribution >= 4 is 27.4 Å². The molecule has 0 bridgehead atoms. The summed E-state index contributed by atoms with van der Waals surface area (Å²) in [5, 5.41) is 5.06. The standard InChI is InChI=1S/C18H25N3S/c1-18(2)9-8-14-13(10-18)15-16(19-11-20-17(15)22-14)21-12-6-4-3-5-7-12/h11-12H,3-10H2,1-2H3,(H,19,20,21). The third-order valence-corrected chi connectivity index (χ3v) is 6.50. The van der Waals surface area contributed by atoms with E-state index in [0.717, 1.165) is 12.2 Å². The Morgan fingerprint density at radius 1 is 1.18 bits per heavy atom. The van der Waals surface area contributed by atoms with Crippen molar-refractivity contribution in [3.63, 3.8) is 0 Å². The smallest absolute Gasteiger partial charge is 0.138 e. The number of thiophene rings is 1. The van der Waals surface area contributed by atoms with Crippen LogP contribution in [0.4, 0.5) is 5.82 Å². The van der Waals surface area contributed by atoms with Gasteiger partial charge in [-0.05, 0) is 43.1 Å². The van der Waals surface area contributed by atoms with Crippen molar-refractivity contribution in [3.8, 4) is 0 Å². The van der Waals surface area contributed by atoms with Gasteiger partial charge in [-0.2, -0.15) is 0 Å². The van der Waals surface area contributed by atoms with E-state index < -0.39 is 0 Å². The van der Waals surface area contributed by atoms with Crippen LogP contribution in [-0.2, 0) is 12.8 Å². The van der Waals surface area contributed by atoms with E-state index in [4.69, 9.17) is 0 Å². The van der Waals surface area contributed by atoms with Gasteiger partial charge in [0.05, 0.1) is 5.39 Å². The first-order valence-electron chi connectivity index (χ1n) is 8.64. The zero-order chi connectivity index (χ0) is 15.2. The highest BCUT2D eigenvalue weighted by atomic mass is 32.1. The highest BCUT2D eigenvalue weighted by Crippen LogP contribution is 2.44. The summed E-state index contributed by atoms with van der Waals surface area (Å²) in [5.41, 5.74) is 1.93. The molecular formula is C18H25N3S. The quantitative estimate of drug-likeness (QED) is 0.852. The number of aromatic nitrogens is 2. The summed E-state index contributed by atoms with van der Waals surface area (Å²) >= 11 is 1.89. The van der Waals surface area contributed by atoms with Gasteiger partial charge in [-0.1, -0.05) is 33.1 Å². The molecular weight excluding hydrogens is 290 g/mol. The minimum Gasteiger partial charge on any atom is -0.367 e. The zero-order valence-corrected chi connectivity index (χ0v) is 14.4. The number of hydrogen-bond acceptors (Lipinski definition) is 4. The number of hydrogen-bond donors (Lipinski definition) is 1. The molecule has 2 aromatic rings. The van der Waals surface area contributed by atoms with E-state index >= 15 is 0 Å². The van der Waals surface area contributed by atoms with Gasteiger partial charge in [-0.25, -0.2) is 9.97 Å². The Kier molecular flexibility index (Phi) is 3.60. The molecule has 0 amide bonds. The van der Waals surface area contributed by atoms with E-state index in [1.54, 1.807) is 11.2 Å². The van der Waals surface area contributed by atoms with Crippen molar-refractivity contribution in [3.05, 3.63) is 16.8 Å². The van der Waals surface area contributed by atoms with Crippen molar-refractivity contribution in [2.75, 3.05) is 5.32 Å². The Bertz CT molecular complexity index is 683. The molecule has 4 rings (SSSR count). The second-order valence-electron chi connectivity index (χ2n) is 7.73. The van der Waals surface area contributed by atoms with E-state index in [2.05, 4.69) is 29.1 Å². The molecule has 4 heteroatoms. The number of nitrogens with one attached hydrogen (secondary N) is 1. The van der Waals surface area contributed by atoms with Crippen molar-refractivity contribution in [2.24, 2.45) is 5.41 Å². The van der Waals surface area contributed by atoms with Crippen molar-refractivity contribution in [1.29, 1.82) is 0 Å². The van der Waals surface area contributed by atoms with E-state index in [-0.39, 0.29) is 0 Å². The first-order valence-corrected chi connectivity index (χ1v) is 9.46. The molecule has 0 saturated heterocycles. The normalized spacial score (nSPS) is 21.7. The van der Waals surface area contributed by atoms with Gasteiger partial charge >= 0.3 is 0 Å². The van der Waals surface area contributed by atoms with Crippen LogP contribution in [0.1, 0.15) is 62.8 Å². The lowest BCUT2D eigenvalue weighted by molar-refractivity contribution is 0.319. The summed E-state index contributed by atoms with van der Waals surface area (Å²) < 4.78 is 0. The first-order chi connectivity index (χ1) is 10.6. The van der Waals surface area contributed by atoms with Crippen LogP contribution in [0.15, 0.2) is 6.33 Å². The molecule has 0 aliphatic heterocycles. The maximum Gasteiger partial charge on any atom is 0.138 e. The summed E-state index contributed by atoms with van der Waals surface area (Å²) in [6.45, 7) is 4.77. The number of rotatable bonds is 2. The second kappa shape index (κ2) is 5.48. The molecule has 0 aromatic carbocycles. The topological polar surface area (TPSA) is 37.8 Å². The highest BCUT2D eigenvalue weighted by Gasteiger charge is 2.30. The van der Waals surface area contributed by atoms with Crippen LogP contribution in [-0.4, -0.2) is 16.0 Å². The molecule has 0 spiro atoms. The molecule has 1 saturated carbocycles. The van der Waals surface area contributed by atoms with Gasteiger partial charge in [0.1, 0.15) is 17.0 Å². The Hall–Kier alpha value is -1.16. The van der Waals surface area contributed by atoms with Gasteiger partial charge < -0.3 is 5.32 Å². The van der Waals surface area contributed by atoms with Crippen LogP contribution in [0.25, 0.3) is 10.2 Å². The van der Waals surface area contributed by atoms with Crippen LogP contribution in [0.2, 0.25) is 0 Å². The molecule has 0 radical (unpaired) electrons. The average molecular weight is 315 g/mol. The minimum atomic E-state index is 0.402. The lowest BCUT2D eigenvalue weighted by atomic mass is 9.76. The molecule has 1 fully saturated rings. The molecule has 1 N–H and O–H groups in total. The number of anilines is 1. The highest BCUT2D eigenvalue weighted by molar-refractivity contribution is 7.19. The van der Waals surface area contributed by atoms with Crippen LogP contribution < -0.4 is 5.32 Å². The number of fused-ring (bicyclic) bond motifs is 3. The van der Waals surface area contributed by atoms with Crippen LogP contribution in [0.3, 0.4) is 0 Å². The van der Waals surface area contributed by atoms with E-state index in [0.29, 0.717) is 11.5 Å². The summed E-state index contributed by atoms with van der Waals surface area (Å²) in [6, 6.07) is 0.596. The summed E-state index contributed by atoms with van der Waals surface area (Å²) in [5.74, 6) is 1.09. The van der Waals surface area contributed by atoms with Gasteiger partial charge in [0.15, 0.2) is 0 Å². The lowest BCUT2D eigenvalue weighted by Crippen LogP contribution is -2.24. The Morgan fingerprint density at radius 2 is 2.00 bits per heavy atom. The predicted octanol–water partition coefficient (Wildman–Crippen LogP) is 4.95. The molecule has 2 aliphatic carbocycles. The van der Waals surface area contributed by atoms with Gasteiger partial charge in [0.25, 0.3) is 0 Å². The molecule has 118 valence electrons. The van der Waals surface area contributed by atoms with Crippen molar-refractivity contribution in [2.45, 2.75) is 71.3 Å². The molecule has 2 aromatic heterocycles. The molecule has 0 atom stereocenters. The summed E-state index contributed by atoms with van der Waals surface area (Å²) in [7, 11) is 0. The summed E-state index contributed by atoms with van der Waals surface area (Å²) in [6.07, 6.45) is 12.0. The number of aryl methyl sites for hydroxylation is 1. The SMILES string of the molecule is CC1(C)CCc2sc3ncnc(NC4CCCCC4)c3c2C1. The first kappa shape index (κ1) is 14.4. The van der Waals surface area contributed by atoms with Crippen molar-refractivity contribution < 1.29 is 0 Å². The fourth-order valence-electron chi connectivity index (χ4n) is 3.99. The minimum absolute atomic E-state index is 0.402. The monoisotopic (exact) mass is 315 g/mol. The fraction of sp³-hybridized carbons (Fsp3) is 0.667. The van der Waals surface area contributed by atoms with Gasteiger partial charge in [0.2, 0.25) is 0 Å². The third kappa shape index (κ3) is 2.62. The summed E-state index contributed by atoms with van der Waals surface area (Å²) in [4.78, 5) is 11.9. The van der Waals surface area contributed by atoms with E-state index in [9.17, 15) is 0 Å². The van der Waals surface area contributed by atoms with Gasteiger partial charge in [0, 0.05) is 10.9 Å². The Balaban J connectivity index is 1.74. The van der Waals surface area contributed by atoms with Crippen LogP contribution in [0.5, 0.6) is 0 Å². The molecule has 3 nitrogen and oxygen atoms in total. The Labute approximate surface area is 136 Å².